The van der Waals surface area contributed by atoms with Crippen molar-refractivity contribution in [2.75, 3.05) is 0 Å². The third-order valence-electron chi connectivity index (χ3n) is 3.94. The van der Waals surface area contributed by atoms with Gasteiger partial charge in [-0.15, -0.1) is 0 Å². The molecule has 23 heavy (non-hydrogen) atoms. The van der Waals surface area contributed by atoms with Gasteiger partial charge in [0.2, 0.25) is 0 Å². The van der Waals surface area contributed by atoms with Gasteiger partial charge in [-0.2, -0.15) is 0 Å². The van der Waals surface area contributed by atoms with Crippen molar-refractivity contribution in [1.82, 2.24) is 0 Å². The first-order valence-corrected chi connectivity index (χ1v) is 8.03. The molecule has 0 atom stereocenters. The fourth-order valence-electron chi connectivity index (χ4n) is 2.90. The first-order chi connectivity index (χ1) is 11.3. The minimum Gasteiger partial charge on any atom is -0.0984 e. The maximum absolute atomic E-state index is 3.96. The van der Waals surface area contributed by atoms with Crippen LogP contribution >= 0.6 is 0 Å². The molecule has 0 aromatic heterocycles. The topological polar surface area (TPSA) is 0 Å². The van der Waals surface area contributed by atoms with Gasteiger partial charge in [0.1, 0.15) is 0 Å². The lowest BCUT2D eigenvalue weighted by atomic mass is 9.87. The summed E-state index contributed by atoms with van der Waals surface area (Å²) in [5.74, 6) is 0. The molecule has 0 nitrogen and oxygen atoms in total. The molecule has 0 heterocycles. The van der Waals surface area contributed by atoms with E-state index in [1.54, 1.807) is 0 Å². The molecule has 0 aliphatic rings. The van der Waals surface area contributed by atoms with Crippen LogP contribution in [0, 0.1) is 0 Å². The fourth-order valence-corrected chi connectivity index (χ4v) is 2.90. The lowest BCUT2D eigenvalue weighted by molar-refractivity contribution is 1.51. The lowest BCUT2D eigenvalue weighted by Crippen LogP contribution is -1.95. The first-order valence-electron chi connectivity index (χ1n) is 8.03. The van der Waals surface area contributed by atoms with Crippen LogP contribution in [0.2, 0.25) is 0 Å². The number of hydrogen-bond donors (Lipinski definition) is 0. The highest BCUT2D eigenvalue weighted by atomic mass is 14.2. The Labute approximate surface area is 140 Å². The first kappa shape index (κ1) is 16.8. The fraction of sp³-hybridized carbons (Fsp3) is 0.130. The van der Waals surface area contributed by atoms with Crippen molar-refractivity contribution in [3.63, 3.8) is 0 Å². The van der Waals surface area contributed by atoms with E-state index >= 15 is 0 Å². The molecule has 0 saturated heterocycles. The van der Waals surface area contributed by atoms with Crippen molar-refractivity contribution in [2.24, 2.45) is 0 Å². The molecule has 0 N–H and O–H groups in total. The zero-order valence-corrected chi connectivity index (χ0v) is 14.2. The van der Waals surface area contributed by atoms with E-state index in [9.17, 15) is 0 Å². The minimum absolute atomic E-state index is 1.16. The van der Waals surface area contributed by atoms with Gasteiger partial charge in [0.05, 0.1) is 0 Å². The zero-order valence-electron chi connectivity index (χ0n) is 14.2. The van der Waals surface area contributed by atoms with E-state index in [0.29, 0.717) is 0 Å². The highest BCUT2D eigenvalue weighted by molar-refractivity contribution is 6.07. The average molecular weight is 300 g/mol. The third-order valence-corrected chi connectivity index (χ3v) is 3.94. The standard InChI is InChI=1S/C23H24/c1-5-13-19-15-10-12-17-23(19)21(8-4)20(7-3)22-16-11-9-14-18(22)6-2/h5-17H,2H2,1,3-4H3/b13-5-,20-7-,21-8-. The van der Waals surface area contributed by atoms with Crippen LogP contribution in [0.1, 0.15) is 43.0 Å². The van der Waals surface area contributed by atoms with Crippen LogP contribution in [0.25, 0.3) is 23.3 Å². The summed E-state index contributed by atoms with van der Waals surface area (Å²) in [5, 5.41) is 0. The molecule has 0 unspecified atom stereocenters. The van der Waals surface area contributed by atoms with Gasteiger partial charge >= 0.3 is 0 Å². The van der Waals surface area contributed by atoms with Gasteiger partial charge in [-0.25, -0.2) is 0 Å². The predicted molar refractivity (Wildman–Crippen MR) is 105 cm³/mol. The van der Waals surface area contributed by atoms with Crippen LogP contribution in [0.5, 0.6) is 0 Å². The Morgan fingerprint density at radius 2 is 1.22 bits per heavy atom. The molecular formula is C23H24. The summed E-state index contributed by atoms with van der Waals surface area (Å²) in [6, 6.07) is 16.9. The largest absolute Gasteiger partial charge is 0.0984 e. The summed E-state index contributed by atoms with van der Waals surface area (Å²) in [4.78, 5) is 0. The van der Waals surface area contributed by atoms with E-state index in [-0.39, 0.29) is 0 Å². The number of benzene rings is 2. The Balaban J connectivity index is 2.63. The molecule has 2 rings (SSSR count). The Hall–Kier alpha value is -2.60. The van der Waals surface area contributed by atoms with Crippen LogP contribution in [-0.2, 0) is 0 Å². The highest BCUT2D eigenvalue weighted by Gasteiger charge is 2.13. The van der Waals surface area contributed by atoms with Gasteiger partial charge in [0.15, 0.2) is 0 Å². The van der Waals surface area contributed by atoms with Crippen LogP contribution in [0.4, 0.5) is 0 Å². The van der Waals surface area contributed by atoms with E-state index in [0.717, 1.165) is 5.56 Å². The Kier molecular flexibility index (Phi) is 5.94. The van der Waals surface area contributed by atoms with Gasteiger partial charge in [0.25, 0.3) is 0 Å². The van der Waals surface area contributed by atoms with Gasteiger partial charge in [-0.1, -0.05) is 85.5 Å². The molecule has 0 heteroatoms. The van der Waals surface area contributed by atoms with Crippen molar-refractivity contribution in [2.45, 2.75) is 20.8 Å². The summed E-state index contributed by atoms with van der Waals surface area (Å²) < 4.78 is 0. The molecule has 0 fully saturated rings. The van der Waals surface area contributed by atoms with E-state index in [2.05, 4.69) is 100 Å². The lowest BCUT2D eigenvalue weighted by Gasteiger charge is -2.17. The van der Waals surface area contributed by atoms with Crippen molar-refractivity contribution < 1.29 is 0 Å². The summed E-state index contributed by atoms with van der Waals surface area (Å²) >= 11 is 0. The van der Waals surface area contributed by atoms with Crippen LogP contribution in [0.3, 0.4) is 0 Å². The molecule has 2 aromatic carbocycles. The van der Waals surface area contributed by atoms with Gasteiger partial charge < -0.3 is 0 Å². The van der Waals surface area contributed by atoms with E-state index in [1.165, 1.54) is 27.8 Å². The van der Waals surface area contributed by atoms with Gasteiger partial charge in [0, 0.05) is 0 Å². The van der Waals surface area contributed by atoms with Crippen LogP contribution < -0.4 is 0 Å². The summed E-state index contributed by atoms with van der Waals surface area (Å²) in [6.07, 6.45) is 10.5. The quantitative estimate of drug-likeness (QED) is 0.528. The van der Waals surface area contributed by atoms with E-state index < -0.39 is 0 Å². The maximum atomic E-state index is 3.96. The monoisotopic (exact) mass is 300 g/mol. The minimum atomic E-state index is 1.16. The number of allylic oxidation sites excluding steroid dienone is 5. The molecule has 116 valence electrons. The second kappa shape index (κ2) is 8.14. The second-order valence-electron chi connectivity index (χ2n) is 5.28. The van der Waals surface area contributed by atoms with Gasteiger partial charge in [-0.3, -0.25) is 0 Å². The maximum Gasteiger partial charge on any atom is -0.0109 e. The molecule has 0 amide bonds. The van der Waals surface area contributed by atoms with Crippen molar-refractivity contribution in [1.29, 1.82) is 0 Å². The van der Waals surface area contributed by atoms with Crippen molar-refractivity contribution >= 4 is 23.3 Å². The summed E-state index contributed by atoms with van der Waals surface area (Å²) in [7, 11) is 0. The smallest absolute Gasteiger partial charge is 0.0109 e. The summed E-state index contributed by atoms with van der Waals surface area (Å²) in [5.41, 5.74) is 7.34. The van der Waals surface area contributed by atoms with Crippen molar-refractivity contribution in [3.8, 4) is 0 Å². The van der Waals surface area contributed by atoms with Gasteiger partial charge in [-0.05, 0) is 54.2 Å². The Bertz CT molecular complexity index is 770. The third kappa shape index (κ3) is 3.60. The van der Waals surface area contributed by atoms with Crippen molar-refractivity contribution in [3.05, 3.63) is 95.6 Å². The van der Waals surface area contributed by atoms with Crippen LogP contribution in [0.15, 0.2) is 73.3 Å². The molecule has 0 spiro atoms. The predicted octanol–water partition coefficient (Wildman–Crippen LogP) is 6.87. The van der Waals surface area contributed by atoms with E-state index in [4.69, 9.17) is 0 Å². The summed E-state index contributed by atoms with van der Waals surface area (Å²) in [6.45, 7) is 10.2. The molecular weight excluding hydrogens is 276 g/mol. The molecule has 0 bridgehead atoms. The Morgan fingerprint density at radius 3 is 1.70 bits per heavy atom. The average Bonchev–Trinajstić information content (AvgIpc) is 2.60. The zero-order chi connectivity index (χ0) is 16.7. The molecule has 0 saturated carbocycles. The molecule has 0 aliphatic heterocycles. The molecule has 2 aromatic rings. The normalized spacial score (nSPS) is 12.7. The Morgan fingerprint density at radius 1 is 0.739 bits per heavy atom. The SMILES string of the molecule is C=Cc1ccccc1C(=C\C)/C(=C/C)c1ccccc1/C=C\C. The number of rotatable bonds is 5. The van der Waals surface area contributed by atoms with Crippen LogP contribution in [-0.4, -0.2) is 0 Å². The highest BCUT2D eigenvalue weighted by Crippen LogP contribution is 2.35. The van der Waals surface area contributed by atoms with E-state index in [1.807, 2.05) is 6.08 Å². The number of hydrogen-bond acceptors (Lipinski definition) is 0. The molecule has 0 radical (unpaired) electrons. The second-order valence-corrected chi connectivity index (χ2v) is 5.28. The molecule has 0 aliphatic carbocycles.